The molecule has 15 amide bonds. The summed E-state index contributed by atoms with van der Waals surface area (Å²) in [5.74, 6) is -15.7. The molecule has 0 aliphatic rings. The summed E-state index contributed by atoms with van der Waals surface area (Å²) in [7, 11) is 0. The first-order valence-corrected chi connectivity index (χ1v) is 41.0. The third-order valence-electron chi connectivity index (χ3n) is 19.3. The molecule has 4 aromatic carbocycles. The molecule has 0 saturated heterocycles. The fraction of sp³-hybridized carbons (Fsp3) is 0.457. The Morgan fingerprint density at radius 1 is 0.443 bits per heavy atom. The molecule has 0 aliphatic carbocycles. The van der Waals surface area contributed by atoms with E-state index in [1.54, 1.807) is 93.0 Å². The molecule has 6 rings (SSSR count). The number of nitrogens with one attached hydrogen (secondary N) is 16. The Bertz CT molecular complexity index is 4570. The number of hydrogen-bond donors (Lipinski definition) is 24. The first kappa shape index (κ1) is 98.6. The Balaban J connectivity index is 1.17. The molecular formula is C81H112N20O19S2. The highest BCUT2D eigenvalue weighted by atomic mass is 32.1. The summed E-state index contributed by atoms with van der Waals surface area (Å²) in [5, 5.41) is 57.5. The summed E-state index contributed by atoms with van der Waals surface area (Å²) in [6.45, 7) is 4.26. The second-order valence-corrected chi connectivity index (χ2v) is 30.1. The highest BCUT2D eigenvalue weighted by Crippen LogP contribution is 2.23. The largest absolute Gasteiger partial charge is 0.508 e. The van der Waals surface area contributed by atoms with Gasteiger partial charge >= 0.3 is 5.97 Å². The third-order valence-corrected chi connectivity index (χ3v) is 20.1. The summed E-state index contributed by atoms with van der Waals surface area (Å²) >= 11 is 8.50. The molecule has 2 aromatic heterocycles. The van der Waals surface area contributed by atoms with Gasteiger partial charge in [-0.25, -0.2) is 0 Å². The Kier molecular flexibility index (Phi) is 41.1. The van der Waals surface area contributed by atoms with Crippen LogP contribution in [0.2, 0.25) is 0 Å². The number of benzene rings is 4. The van der Waals surface area contributed by atoms with Crippen molar-refractivity contribution in [3.63, 3.8) is 0 Å². The third kappa shape index (κ3) is 32.7. The van der Waals surface area contributed by atoms with Crippen molar-refractivity contribution in [1.29, 1.82) is 0 Å². The van der Waals surface area contributed by atoms with E-state index in [4.69, 9.17) is 27.7 Å². The summed E-state index contributed by atoms with van der Waals surface area (Å²) in [6, 6.07) is 11.5. The molecule has 2 heterocycles. The maximum absolute atomic E-state index is 15.1. The summed E-state index contributed by atoms with van der Waals surface area (Å²) in [5.41, 5.74) is 26.5. The van der Waals surface area contributed by atoms with E-state index in [1.807, 2.05) is 12.1 Å². The molecule has 0 saturated carbocycles. The average molecular weight is 1730 g/mol. The second-order valence-electron chi connectivity index (χ2n) is 29.4. The Morgan fingerprint density at radius 3 is 1.50 bits per heavy atom. The Labute approximate surface area is 714 Å². The number of nitrogens with two attached hydrogens (primary N) is 4. The van der Waals surface area contributed by atoms with Crippen LogP contribution in [0.25, 0.3) is 21.8 Å². The van der Waals surface area contributed by atoms with E-state index in [0.717, 1.165) is 5.39 Å². The van der Waals surface area contributed by atoms with Crippen LogP contribution in [-0.4, -0.2) is 245 Å². The minimum absolute atomic E-state index is 0.0416. The molecule has 0 radical (unpaired) electrons. The van der Waals surface area contributed by atoms with Gasteiger partial charge in [-0.15, -0.1) is 0 Å². The smallest absolute Gasteiger partial charge is 0.305 e. The van der Waals surface area contributed by atoms with Crippen molar-refractivity contribution >= 4 is 142 Å². The molecule has 0 unspecified atom stereocenters. The Hall–Kier alpha value is -12.2. The van der Waals surface area contributed by atoms with Crippen LogP contribution < -0.4 is 97.4 Å². The van der Waals surface area contributed by atoms with Crippen LogP contribution in [-0.2, 0) is 107 Å². The lowest BCUT2D eigenvalue weighted by Crippen LogP contribution is -2.61. The number of thiol groups is 2. The van der Waals surface area contributed by atoms with Crippen LogP contribution in [0.4, 0.5) is 0 Å². The van der Waals surface area contributed by atoms with Crippen LogP contribution >= 0.6 is 25.3 Å². The molecule has 26 N–H and O–H groups in total. The molecule has 39 nitrogen and oxygen atoms in total. The second kappa shape index (κ2) is 50.8. The number of aromatic amines is 2. The summed E-state index contributed by atoms with van der Waals surface area (Å²) in [6.07, 6.45) is 2.62. The Morgan fingerprint density at radius 2 is 0.926 bits per heavy atom. The highest BCUT2D eigenvalue weighted by molar-refractivity contribution is 7.80. The maximum atomic E-state index is 15.1. The summed E-state index contributed by atoms with van der Waals surface area (Å²) < 4.78 is 5.33. The predicted octanol–water partition coefficient (Wildman–Crippen LogP) is -3.58. The van der Waals surface area contributed by atoms with Crippen LogP contribution in [0, 0.1) is 5.92 Å². The normalized spacial score (nSPS) is 14.1. The fourth-order valence-corrected chi connectivity index (χ4v) is 13.3. The number of phenolic OH excluding ortho intramolecular Hbond substituents is 1. The lowest BCUT2D eigenvalue weighted by molar-refractivity contribution is -0.141. The van der Waals surface area contributed by atoms with Gasteiger partial charge in [-0.1, -0.05) is 92.7 Å². The van der Waals surface area contributed by atoms with Crippen molar-refractivity contribution in [2.24, 2.45) is 28.9 Å². The number of carbonyl (C=O) groups excluding carboxylic acids is 15. The first-order valence-electron chi connectivity index (χ1n) is 39.7. The molecule has 6 aromatic rings. The molecule has 662 valence electrons. The van der Waals surface area contributed by atoms with Crippen LogP contribution in [0.15, 0.2) is 116 Å². The van der Waals surface area contributed by atoms with E-state index >= 15 is 4.79 Å². The average Bonchev–Trinajstić information content (AvgIpc) is 1.62. The van der Waals surface area contributed by atoms with Gasteiger partial charge in [0, 0.05) is 97.4 Å². The van der Waals surface area contributed by atoms with E-state index in [9.17, 15) is 82.1 Å². The van der Waals surface area contributed by atoms with E-state index in [-0.39, 0.29) is 69.7 Å². The molecule has 0 bridgehead atoms. The van der Waals surface area contributed by atoms with Crippen molar-refractivity contribution in [1.82, 2.24) is 84.4 Å². The molecule has 12 atom stereocenters. The number of hydrogen-bond acceptors (Lipinski definition) is 23. The number of ether oxygens (including phenoxy) is 1. The zero-order chi connectivity index (χ0) is 89.5. The standard InChI is InChI=1S/C81H112N20O19S2/c1-44(2)70(101-77(115)61(34-50-39-88-56-20-11-9-18-54(50)56)98-76(114)62(36-69(107)108)95-72(110)45(3)90-79(117)64(42-121)91-46(4)102)81(119)100-65(43-122)80(118)97-60(32-48-23-25-52(103)26-24-48)75(113)92-51(33-49-38-87-55-19-10-8-17-53(49)55)35-66(104)94-58(22-14-28-83)74(112)99-63(37-84)78(116)96-59(31-47-15-6-5-7-16-47)73(111)89-40-67(105)86-29-30-120-41-68(106)93-57(71(85)109)21-12-13-27-82/h5-11,15-20,23-26,38-39,44-45,51,57-65,70,87-88,103,121-122H,12-14,21-22,27-37,40-43,82-84H2,1-4H3,(H2,85,109)(H,86,105)(H,89,111)(H,90,117)(H,91,102)(H,92,113)(H,93,106)(H,94,104)(H,95,110)(H,96,116)(H,97,118)(H,98,114)(H,99,112)(H,100,119)(H,101,115)(H,107,108)/t45-,51-,57+,58-,59-,60-,61-,62-,63-,64-,65-,70-/m0/s1. The number of phenols is 1. The number of carboxylic acid groups (broad SMARTS) is 1. The van der Waals surface area contributed by atoms with Crippen LogP contribution in [0.1, 0.15) is 94.9 Å². The van der Waals surface area contributed by atoms with Gasteiger partial charge < -0.3 is 122 Å². The molecule has 122 heavy (non-hydrogen) atoms. The van der Waals surface area contributed by atoms with E-state index in [1.165, 1.54) is 38.1 Å². The number of H-pyrrole nitrogens is 2. The van der Waals surface area contributed by atoms with Crippen LogP contribution in [0.3, 0.4) is 0 Å². The number of aromatic hydroxyl groups is 1. The number of para-hydroxylation sites is 2. The zero-order valence-electron chi connectivity index (χ0n) is 68.2. The van der Waals surface area contributed by atoms with Gasteiger partial charge in [0.25, 0.3) is 0 Å². The SMILES string of the molecule is CC(=O)N[C@@H](CS)C(=O)N[C@@H](C)C(=O)N[C@@H](CC(=O)O)C(=O)N[C@@H](Cc1c[nH]c2ccccc12)C(=O)N[C@H](C(=O)N[C@@H](CS)C(=O)N[C@@H](Cc1ccc(O)cc1)C(=O)N[C@H](CC(=O)N[C@@H](CCCN)C(=O)N[C@@H](CN)C(=O)N[C@@H](Cc1ccccc1)C(=O)NCC(=O)NCCOCC(=O)N[C@H](CCCCN)C(N)=O)Cc1c[nH]c2ccccc12)C(C)C. The van der Waals surface area contributed by atoms with Gasteiger partial charge in [0.15, 0.2) is 0 Å². The number of aliphatic carboxylic acids is 1. The summed E-state index contributed by atoms with van der Waals surface area (Å²) in [4.78, 5) is 224. The zero-order valence-corrected chi connectivity index (χ0v) is 69.9. The van der Waals surface area contributed by atoms with Gasteiger partial charge in [0.1, 0.15) is 78.8 Å². The number of rotatable bonds is 53. The van der Waals surface area contributed by atoms with Crippen molar-refractivity contribution in [2.45, 2.75) is 171 Å². The number of aromatic nitrogens is 2. The van der Waals surface area contributed by atoms with Crippen molar-refractivity contribution < 1.29 is 91.7 Å². The molecule has 0 spiro atoms. The number of carbonyl (C=O) groups is 16. The van der Waals surface area contributed by atoms with Crippen LogP contribution in [0.5, 0.6) is 5.75 Å². The van der Waals surface area contributed by atoms with E-state index in [2.05, 4.69) is 110 Å². The highest BCUT2D eigenvalue weighted by Gasteiger charge is 2.38. The van der Waals surface area contributed by atoms with Crippen molar-refractivity contribution in [2.75, 3.05) is 57.4 Å². The van der Waals surface area contributed by atoms with Crippen molar-refractivity contribution in [3.8, 4) is 5.75 Å². The molecule has 41 heteroatoms. The number of carboxylic acids is 1. The van der Waals surface area contributed by atoms with E-state index in [0.29, 0.717) is 64.5 Å². The van der Waals surface area contributed by atoms with Gasteiger partial charge in [0.05, 0.1) is 19.6 Å². The fourth-order valence-electron chi connectivity index (χ4n) is 12.8. The lowest BCUT2D eigenvalue weighted by Gasteiger charge is -2.29. The van der Waals surface area contributed by atoms with Gasteiger partial charge in [-0.2, -0.15) is 25.3 Å². The molecule has 0 aliphatic heterocycles. The number of amides is 15. The quantitative estimate of drug-likeness (QED) is 0.0130. The predicted molar refractivity (Wildman–Crippen MR) is 456 cm³/mol. The minimum atomic E-state index is -1.86. The monoisotopic (exact) mass is 1730 g/mol. The topological polar surface area (TPSA) is 627 Å². The number of primary amides is 1. The maximum Gasteiger partial charge on any atom is 0.305 e. The molecule has 0 fully saturated rings. The lowest BCUT2D eigenvalue weighted by atomic mass is 9.99. The van der Waals surface area contributed by atoms with Gasteiger partial charge in [-0.3, -0.25) is 76.7 Å². The number of unbranched alkanes of at least 4 members (excludes halogenated alkanes) is 1. The van der Waals surface area contributed by atoms with E-state index < -0.39 is 211 Å². The number of fused-ring (bicyclic) bond motifs is 2. The van der Waals surface area contributed by atoms with Crippen molar-refractivity contribution in [3.05, 3.63) is 138 Å². The molecular weight excluding hydrogens is 1620 g/mol. The van der Waals surface area contributed by atoms with Gasteiger partial charge in [0.2, 0.25) is 88.6 Å². The first-order chi connectivity index (χ1) is 58.2. The minimum Gasteiger partial charge on any atom is -0.508 e. The van der Waals surface area contributed by atoms with Gasteiger partial charge in [-0.05, 0) is 111 Å².